The fourth-order valence-corrected chi connectivity index (χ4v) is 1.01. The smallest absolute Gasteiger partial charge is 0.420 e. The van der Waals surface area contributed by atoms with Gasteiger partial charge in [0.05, 0.1) is 0 Å². The summed E-state index contributed by atoms with van der Waals surface area (Å²) in [7, 11) is 0. The summed E-state index contributed by atoms with van der Waals surface area (Å²) < 4.78 is 5.28. The second-order valence-electron chi connectivity index (χ2n) is 5.27. The van der Waals surface area contributed by atoms with Gasteiger partial charge < -0.3 is 4.74 Å². The van der Waals surface area contributed by atoms with Gasteiger partial charge in [0.2, 0.25) is 0 Å². The van der Waals surface area contributed by atoms with E-state index in [9.17, 15) is 4.79 Å². The highest BCUT2D eigenvalue weighted by Crippen LogP contribution is 2.14. The quantitative estimate of drug-likeness (QED) is 0.711. The molecule has 0 heterocycles. The van der Waals surface area contributed by atoms with Gasteiger partial charge in [-0.15, -0.1) is 0 Å². The molecule has 0 aliphatic rings. The molecule has 0 aromatic rings. The highest BCUT2D eigenvalue weighted by molar-refractivity contribution is 5.72. The second-order valence-corrected chi connectivity index (χ2v) is 5.27. The zero-order chi connectivity index (χ0) is 14.3. The van der Waals surface area contributed by atoms with Crippen molar-refractivity contribution in [1.29, 1.82) is 0 Å². The van der Waals surface area contributed by atoms with E-state index in [4.69, 9.17) is 4.74 Å². The highest BCUT2D eigenvalue weighted by atomic mass is 16.6. The van der Waals surface area contributed by atoms with Gasteiger partial charge in [0.15, 0.2) is 0 Å². The fraction of sp³-hybridized carbons (Fsp3) is 0.571. The molecule has 4 heteroatoms. The second kappa shape index (κ2) is 6.99. The minimum atomic E-state index is -0.543. The van der Waals surface area contributed by atoms with Crippen LogP contribution in [0.25, 0.3) is 0 Å². The van der Waals surface area contributed by atoms with Crippen LogP contribution in [0.3, 0.4) is 0 Å². The Balaban J connectivity index is 4.86. The van der Waals surface area contributed by atoms with Gasteiger partial charge in [-0.2, -0.15) is 0 Å². The molecule has 0 rings (SSSR count). The minimum Gasteiger partial charge on any atom is -0.443 e. The molecule has 0 aromatic heterocycles. The lowest BCUT2D eigenvalue weighted by molar-refractivity contribution is 0.0382. The van der Waals surface area contributed by atoms with Crippen LogP contribution in [0.1, 0.15) is 41.5 Å². The summed E-state index contributed by atoms with van der Waals surface area (Å²) in [5.41, 5.74) is -0.543. The molecule has 0 aliphatic heterocycles. The Kier molecular flexibility index (Phi) is 6.37. The fourth-order valence-electron chi connectivity index (χ4n) is 1.01. The first-order valence-corrected chi connectivity index (χ1v) is 6.05. The van der Waals surface area contributed by atoms with E-state index < -0.39 is 11.7 Å². The van der Waals surface area contributed by atoms with Crippen molar-refractivity contribution >= 4 is 12.3 Å². The molecule has 0 saturated heterocycles. The van der Waals surface area contributed by atoms with Crippen molar-refractivity contribution in [3.8, 4) is 0 Å². The first-order valence-electron chi connectivity index (χ1n) is 6.05. The number of hydrogen-bond acceptors (Lipinski definition) is 3. The Bertz CT molecular complexity index is 349. The van der Waals surface area contributed by atoms with Gasteiger partial charge in [-0.3, -0.25) is 0 Å². The van der Waals surface area contributed by atoms with Crippen LogP contribution >= 0.6 is 0 Å². The van der Waals surface area contributed by atoms with E-state index in [1.165, 1.54) is 4.90 Å². The SMILES string of the molecule is C=C(N=CC(C)C)N(C=CC)C(=O)OC(C)(C)C. The number of ether oxygens (including phenoxy) is 1. The van der Waals surface area contributed by atoms with Crippen LogP contribution in [0.15, 0.2) is 29.7 Å². The zero-order valence-electron chi connectivity index (χ0n) is 12.2. The molecule has 1 amide bonds. The number of allylic oxidation sites excluding steroid dienone is 1. The first-order chi connectivity index (χ1) is 8.17. The third-order valence-electron chi connectivity index (χ3n) is 1.69. The summed E-state index contributed by atoms with van der Waals surface area (Å²) in [5.74, 6) is 0.642. The zero-order valence-corrected chi connectivity index (χ0v) is 12.2. The topological polar surface area (TPSA) is 41.9 Å². The van der Waals surface area contributed by atoms with Crippen LogP contribution in [0.5, 0.6) is 0 Å². The Hall–Kier alpha value is -1.58. The summed E-state index contributed by atoms with van der Waals surface area (Å²) in [4.78, 5) is 17.4. The van der Waals surface area contributed by atoms with Gasteiger partial charge in [0, 0.05) is 12.4 Å². The van der Waals surface area contributed by atoms with Crippen LogP contribution < -0.4 is 0 Å². The van der Waals surface area contributed by atoms with Crippen LogP contribution in [0.2, 0.25) is 0 Å². The van der Waals surface area contributed by atoms with E-state index in [0.29, 0.717) is 11.7 Å². The third kappa shape index (κ3) is 6.89. The molecule has 0 N–H and O–H groups in total. The normalized spacial score (nSPS) is 12.4. The number of carbonyl (C=O) groups is 1. The van der Waals surface area contributed by atoms with Crippen LogP contribution in [0, 0.1) is 5.92 Å². The van der Waals surface area contributed by atoms with Gasteiger partial charge in [-0.25, -0.2) is 14.7 Å². The molecule has 18 heavy (non-hydrogen) atoms. The van der Waals surface area contributed by atoms with Gasteiger partial charge in [0.1, 0.15) is 11.4 Å². The monoisotopic (exact) mass is 252 g/mol. The lowest BCUT2D eigenvalue weighted by Crippen LogP contribution is -2.32. The Labute approximate surface area is 110 Å². The molecular formula is C14H24N2O2. The molecule has 0 fully saturated rings. The van der Waals surface area contributed by atoms with Gasteiger partial charge >= 0.3 is 6.09 Å². The molecule has 0 saturated carbocycles. The summed E-state index contributed by atoms with van der Waals surface area (Å²) in [6, 6.07) is 0. The molecule has 102 valence electrons. The molecule has 0 aromatic carbocycles. The molecule has 0 bridgehead atoms. The number of carbonyl (C=O) groups excluding carboxylic acids is 1. The van der Waals surface area contributed by atoms with E-state index in [2.05, 4.69) is 11.6 Å². The van der Waals surface area contributed by atoms with Gasteiger partial charge in [0.25, 0.3) is 0 Å². The van der Waals surface area contributed by atoms with Gasteiger partial charge in [-0.1, -0.05) is 26.5 Å². The molecule has 0 atom stereocenters. The molecule has 4 nitrogen and oxygen atoms in total. The Morgan fingerprint density at radius 3 is 2.33 bits per heavy atom. The molecule has 0 aliphatic carbocycles. The number of nitrogens with zero attached hydrogens (tertiary/aromatic N) is 2. The number of rotatable bonds is 4. The number of hydrogen-bond donors (Lipinski definition) is 0. The number of amides is 1. The lowest BCUT2D eigenvalue weighted by atomic mass is 10.2. The maximum Gasteiger partial charge on any atom is 0.420 e. The van der Waals surface area contributed by atoms with E-state index >= 15 is 0 Å². The largest absolute Gasteiger partial charge is 0.443 e. The van der Waals surface area contributed by atoms with Crippen molar-refractivity contribution in [2.75, 3.05) is 0 Å². The maximum absolute atomic E-state index is 12.0. The van der Waals surface area contributed by atoms with Crippen LogP contribution in [-0.2, 0) is 4.74 Å². The molecule has 0 radical (unpaired) electrons. The molecule has 0 spiro atoms. The van der Waals surface area contributed by atoms with Crippen molar-refractivity contribution in [3.63, 3.8) is 0 Å². The average molecular weight is 252 g/mol. The predicted molar refractivity (Wildman–Crippen MR) is 75.4 cm³/mol. The van der Waals surface area contributed by atoms with E-state index in [1.807, 2.05) is 41.5 Å². The lowest BCUT2D eigenvalue weighted by Gasteiger charge is -2.24. The van der Waals surface area contributed by atoms with E-state index in [-0.39, 0.29) is 0 Å². The summed E-state index contributed by atoms with van der Waals surface area (Å²) in [5, 5.41) is 0. The maximum atomic E-state index is 12.0. The first kappa shape index (κ1) is 16.4. The van der Waals surface area contributed by atoms with Crippen molar-refractivity contribution in [2.45, 2.75) is 47.1 Å². The van der Waals surface area contributed by atoms with E-state index in [0.717, 1.165) is 0 Å². The standard InChI is InChI=1S/C14H24N2O2/c1-8-9-16(12(4)15-10-11(2)3)13(17)18-14(5,6)7/h8-11H,4H2,1-3,5-7H3. The summed E-state index contributed by atoms with van der Waals surface area (Å²) in [6.07, 6.45) is 4.59. The van der Waals surface area contributed by atoms with Crippen molar-refractivity contribution in [1.82, 2.24) is 4.90 Å². The minimum absolute atomic E-state index is 0.299. The van der Waals surface area contributed by atoms with Crippen molar-refractivity contribution < 1.29 is 9.53 Å². The highest BCUT2D eigenvalue weighted by Gasteiger charge is 2.22. The molecule has 0 unspecified atom stereocenters. The molecular weight excluding hydrogens is 228 g/mol. The van der Waals surface area contributed by atoms with E-state index in [1.54, 1.807) is 18.5 Å². The summed E-state index contributed by atoms with van der Waals surface area (Å²) >= 11 is 0. The predicted octanol–water partition coefficient (Wildman–Crippen LogP) is 3.96. The average Bonchev–Trinajstić information content (AvgIpc) is 2.19. The Morgan fingerprint density at radius 2 is 1.94 bits per heavy atom. The summed E-state index contributed by atoms with van der Waals surface area (Å²) in [6.45, 7) is 15.1. The van der Waals surface area contributed by atoms with Crippen LogP contribution in [-0.4, -0.2) is 22.8 Å². The van der Waals surface area contributed by atoms with Gasteiger partial charge in [-0.05, 0) is 33.6 Å². The number of aliphatic imine (C=N–C) groups is 1. The van der Waals surface area contributed by atoms with Crippen LogP contribution in [0.4, 0.5) is 4.79 Å². The van der Waals surface area contributed by atoms with Crippen molar-refractivity contribution in [3.05, 3.63) is 24.7 Å². The van der Waals surface area contributed by atoms with Crippen molar-refractivity contribution in [2.24, 2.45) is 10.9 Å². The Morgan fingerprint density at radius 1 is 1.39 bits per heavy atom. The third-order valence-corrected chi connectivity index (χ3v) is 1.69.